The summed E-state index contributed by atoms with van der Waals surface area (Å²) in [5, 5.41) is 8.67. The Hall–Kier alpha value is -3.02. The Bertz CT molecular complexity index is 801. The normalized spacial score (nSPS) is 14.1. The average Bonchev–Trinajstić information content (AvgIpc) is 3.52. The lowest BCUT2D eigenvalue weighted by molar-refractivity contribution is -0.117. The lowest BCUT2D eigenvalue weighted by Crippen LogP contribution is -2.36. The van der Waals surface area contributed by atoms with Crippen LogP contribution in [-0.2, 0) is 11.3 Å². The fraction of sp³-hybridized carbons (Fsp3) is 0.333. The van der Waals surface area contributed by atoms with Crippen molar-refractivity contribution in [3.8, 4) is 5.75 Å². The summed E-state index contributed by atoms with van der Waals surface area (Å²) < 4.78 is 5.18. The maximum Gasteiger partial charge on any atom is 0.315 e. The molecule has 2 aromatic rings. The van der Waals surface area contributed by atoms with Crippen molar-refractivity contribution in [1.82, 2.24) is 10.6 Å². The van der Waals surface area contributed by atoms with Gasteiger partial charge in [-0.25, -0.2) is 4.79 Å². The molecular weight excluding hydrogens is 342 g/mol. The van der Waals surface area contributed by atoms with Gasteiger partial charge >= 0.3 is 6.03 Å². The number of anilines is 1. The van der Waals surface area contributed by atoms with Gasteiger partial charge in [0.2, 0.25) is 5.91 Å². The molecule has 1 aliphatic rings. The van der Waals surface area contributed by atoms with Gasteiger partial charge in [-0.2, -0.15) is 0 Å². The molecule has 0 aromatic heterocycles. The molecule has 27 heavy (non-hydrogen) atoms. The third-order valence-corrected chi connectivity index (χ3v) is 4.56. The molecule has 0 unspecified atom stereocenters. The second-order valence-electron chi connectivity index (χ2n) is 6.79. The Balaban J connectivity index is 1.47. The van der Waals surface area contributed by atoms with Crippen LogP contribution in [0, 0.1) is 5.92 Å². The molecule has 6 heteroatoms. The van der Waals surface area contributed by atoms with Crippen molar-refractivity contribution < 1.29 is 14.3 Å². The van der Waals surface area contributed by atoms with Crippen LogP contribution in [0.25, 0.3) is 0 Å². The lowest BCUT2D eigenvalue weighted by Gasteiger charge is -2.16. The second kappa shape index (κ2) is 8.58. The predicted molar refractivity (Wildman–Crippen MR) is 105 cm³/mol. The Labute approximate surface area is 159 Å². The Morgan fingerprint density at radius 3 is 2.56 bits per heavy atom. The van der Waals surface area contributed by atoms with Gasteiger partial charge in [0.15, 0.2) is 0 Å². The van der Waals surface area contributed by atoms with Gasteiger partial charge in [0.1, 0.15) is 5.75 Å². The van der Waals surface area contributed by atoms with Crippen LogP contribution in [0.2, 0.25) is 0 Å². The van der Waals surface area contributed by atoms with E-state index in [0.717, 1.165) is 35.4 Å². The smallest absolute Gasteiger partial charge is 0.315 e. The molecule has 1 atom stereocenters. The van der Waals surface area contributed by atoms with Crippen LogP contribution in [-0.4, -0.2) is 19.0 Å². The summed E-state index contributed by atoms with van der Waals surface area (Å²) in [5.74, 6) is 1.03. The van der Waals surface area contributed by atoms with Crippen LogP contribution in [0.15, 0.2) is 48.5 Å². The first-order valence-corrected chi connectivity index (χ1v) is 9.13. The largest absolute Gasteiger partial charge is 0.497 e. The summed E-state index contributed by atoms with van der Waals surface area (Å²) in [6.07, 6.45) is 1.96. The van der Waals surface area contributed by atoms with Crippen molar-refractivity contribution in [2.24, 2.45) is 5.92 Å². The molecule has 3 rings (SSSR count). The summed E-state index contributed by atoms with van der Waals surface area (Å²) in [5.41, 5.74) is 2.72. The van der Waals surface area contributed by atoms with Gasteiger partial charge < -0.3 is 20.7 Å². The molecule has 0 saturated heterocycles. The van der Waals surface area contributed by atoms with E-state index in [4.69, 9.17) is 4.74 Å². The molecule has 0 radical (unpaired) electrons. The Morgan fingerprint density at radius 1 is 1.15 bits per heavy atom. The minimum Gasteiger partial charge on any atom is -0.497 e. The van der Waals surface area contributed by atoms with Crippen molar-refractivity contribution in [2.75, 3.05) is 12.4 Å². The highest BCUT2D eigenvalue weighted by atomic mass is 16.5. The van der Waals surface area contributed by atoms with Gasteiger partial charge in [-0.3, -0.25) is 4.79 Å². The number of carbonyl (C=O) groups is 2. The van der Waals surface area contributed by atoms with Gasteiger partial charge in [0, 0.05) is 18.2 Å². The van der Waals surface area contributed by atoms with E-state index in [2.05, 4.69) is 16.0 Å². The van der Waals surface area contributed by atoms with Gasteiger partial charge in [-0.15, -0.1) is 0 Å². The molecular formula is C21H25N3O3. The third kappa shape index (κ3) is 5.48. The molecule has 2 aromatic carbocycles. The summed E-state index contributed by atoms with van der Waals surface area (Å²) in [6.45, 7) is 2.34. The highest BCUT2D eigenvalue weighted by Crippen LogP contribution is 2.30. The van der Waals surface area contributed by atoms with E-state index in [1.807, 2.05) is 55.5 Å². The molecule has 3 N–H and O–H groups in total. The molecule has 0 heterocycles. The van der Waals surface area contributed by atoms with Crippen molar-refractivity contribution in [3.05, 3.63) is 59.7 Å². The molecule has 1 fully saturated rings. The first-order chi connectivity index (χ1) is 13.0. The molecule has 1 saturated carbocycles. The molecule has 3 amide bonds. The zero-order valence-corrected chi connectivity index (χ0v) is 15.6. The van der Waals surface area contributed by atoms with Crippen LogP contribution in [0.4, 0.5) is 10.5 Å². The molecule has 142 valence electrons. The number of hydrogen-bond donors (Lipinski definition) is 3. The maximum atomic E-state index is 12.1. The first-order valence-electron chi connectivity index (χ1n) is 9.13. The van der Waals surface area contributed by atoms with Crippen LogP contribution >= 0.6 is 0 Å². The number of amides is 3. The Morgan fingerprint density at radius 2 is 1.89 bits per heavy atom. The van der Waals surface area contributed by atoms with Crippen molar-refractivity contribution >= 4 is 17.6 Å². The quantitative estimate of drug-likeness (QED) is 0.699. The number of rotatable bonds is 7. The number of methoxy groups -OCH3 is 1. The highest BCUT2D eigenvalue weighted by Gasteiger charge is 2.29. The number of nitrogens with one attached hydrogen (secondary N) is 3. The third-order valence-electron chi connectivity index (χ3n) is 4.56. The summed E-state index contributed by atoms with van der Waals surface area (Å²) in [4.78, 5) is 23.9. The van der Waals surface area contributed by atoms with E-state index >= 15 is 0 Å². The van der Waals surface area contributed by atoms with Crippen molar-refractivity contribution in [3.63, 3.8) is 0 Å². The average molecular weight is 367 g/mol. The molecule has 0 spiro atoms. The van der Waals surface area contributed by atoms with Crippen LogP contribution < -0.4 is 20.7 Å². The number of urea groups is 1. The fourth-order valence-electron chi connectivity index (χ4n) is 2.74. The second-order valence-corrected chi connectivity index (χ2v) is 6.79. The van der Waals surface area contributed by atoms with Crippen LogP contribution in [0.5, 0.6) is 5.75 Å². The zero-order valence-electron chi connectivity index (χ0n) is 15.6. The highest BCUT2D eigenvalue weighted by molar-refractivity contribution is 5.94. The number of benzene rings is 2. The zero-order chi connectivity index (χ0) is 19.2. The van der Waals surface area contributed by atoms with Gasteiger partial charge in [0.25, 0.3) is 0 Å². The monoisotopic (exact) mass is 367 g/mol. The molecule has 1 aliphatic carbocycles. The first kappa shape index (κ1) is 18.8. The number of carbonyl (C=O) groups excluding carboxylic acids is 2. The van der Waals surface area contributed by atoms with Crippen LogP contribution in [0.1, 0.15) is 36.9 Å². The van der Waals surface area contributed by atoms with Crippen molar-refractivity contribution in [1.29, 1.82) is 0 Å². The fourth-order valence-corrected chi connectivity index (χ4v) is 2.74. The van der Waals surface area contributed by atoms with Crippen LogP contribution in [0.3, 0.4) is 0 Å². The standard InChI is InChI=1S/C21H25N3O3/c1-14(16-8-10-18(11-9-16)24-20(25)17-6-7-17)23-21(26)22-13-15-4-3-5-19(12-15)27-2/h3-5,8-12,14,17H,6-7,13H2,1-2H3,(H,24,25)(H2,22,23,26)/t14-/m0/s1. The van der Waals surface area contributed by atoms with E-state index in [9.17, 15) is 9.59 Å². The topological polar surface area (TPSA) is 79.5 Å². The van der Waals surface area contributed by atoms with E-state index in [-0.39, 0.29) is 23.9 Å². The molecule has 0 bridgehead atoms. The van der Waals surface area contributed by atoms with E-state index < -0.39 is 0 Å². The summed E-state index contributed by atoms with van der Waals surface area (Å²) in [7, 11) is 1.61. The molecule has 0 aliphatic heterocycles. The van der Waals surface area contributed by atoms with Gasteiger partial charge in [0.05, 0.1) is 13.2 Å². The van der Waals surface area contributed by atoms with Gasteiger partial charge in [-0.1, -0.05) is 24.3 Å². The summed E-state index contributed by atoms with van der Waals surface area (Å²) >= 11 is 0. The van der Waals surface area contributed by atoms with Crippen molar-refractivity contribution in [2.45, 2.75) is 32.4 Å². The number of ether oxygens (including phenoxy) is 1. The summed E-state index contributed by atoms with van der Waals surface area (Å²) in [6, 6.07) is 14.7. The van der Waals surface area contributed by atoms with E-state index in [1.165, 1.54) is 0 Å². The Kier molecular flexibility index (Phi) is 5.96. The minimum absolute atomic E-state index is 0.0887. The molecule has 6 nitrogen and oxygen atoms in total. The number of hydrogen-bond acceptors (Lipinski definition) is 3. The SMILES string of the molecule is COc1cccc(CNC(=O)N[C@@H](C)c2ccc(NC(=O)C3CC3)cc2)c1. The van der Waals surface area contributed by atoms with E-state index in [0.29, 0.717) is 6.54 Å². The minimum atomic E-state index is -0.239. The van der Waals surface area contributed by atoms with E-state index in [1.54, 1.807) is 7.11 Å². The maximum absolute atomic E-state index is 12.1. The lowest BCUT2D eigenvalue weighted by atomic mass is 10.1. The predicted octanol–water partition coefficient (Wildman–Crippen LogP) is 3.60. The van der Waals surface area contributed by atoms with Gasteiger partial charge in [-0.05, 0) is 55.2 Å².